The van der Waals surface area contributed by atoms with Gasteiger partial charge >= 0.3 is 6.18 Å². The van der Waals surface area contributed by atoms with E-state index in [4.69, 9.17) is 0 Å². The zero-order chi connectivity index (χ0) is 16.2. The summed E-state index contributed by atoms with van der Waals surface area (Å²) < 4.78 is 37.9. The quantitative estimate of drug-likeness (QED) is 0.838. The topological polar surface area (TPSA) is 52.7 Å². The maximum absolute atomic E-state index is 12.6. The fraction of sp³-hybridized carbons (Fsp3) is 0.846. The van der Waals surface area contributed by atoms with E-state index in [0.29, 0.717) is 24.3 Å². The second-order valence-corrected chi connectivity index (χ2v) is 5.67. The van der Waals surface area contributed by atoms with Gasteiger partial charge in [0.25, 0.3) is 0 Å². The van der Waals surface area contributed by atoms with Gasteiger partial charge in [0.2, 0.25) is 11.8 Å². The Balaban J connectivity index is 2.78. The van der Waals surface area contributed by atoms with Gasteiger partial charge in [-0.3, -0.25) is 9.59 Å². The summed E-state index contributed by atoms with van der Waals surface area (Å²) in [7, 11) is 2.90. The van der Waals surface area contributed by atoms with Gasteiger partial charge in [0.1, 0.15) is 13.1 Å². The summed E-state index contributed by atoms with van der Waals surface area (Å²) in [6, 6.07) is 0.0880. The molecule has 1 heterocycles. The van der Waals surface area contributed by atoms with Crippen LogP contribution in [0.2, 0.25) is 0 Å². The highest BCUT2D eigenvalue weighted by molar-refractivity contribution is 5.85. The standard InChI is InChI=1S/C13H22F3N3O2/c1-9-6-10(4-5-17-9)12(21)19(8-13(14,15)16)7-11(20)18(2)3/h9-10,17H,4-8H2,1-3H3. The third-order valence-corrected chi connectivity index (χ3v) is 3.48. The van der Waals surface area contributed by atoms with Crippen LogP contribution in [0.1, 0.15) is 19.8 Å². The summed E-state index contributed by atoms with van der Waals surface area (Å²) in [5, 5.41) is 3.14. The van der Waals surface area contributed by atoms with Crippen LogP contribution in [0.5, 0.6) is 0 Å². The van der Waals surface area contributed by atoms with Crippen molar-refractivity contribution >= 4 is 11.8 Å². The fourth-order valence-electron chi connectivity index (χ4n) is 2.35. The Labute approximate surface area is 122 Å². The lowest BCUT2D eigenvalue weighted by Crippen LogP contribution is -2.49. The number of alkyl halides is 3. The summed E-state index contributed by atoms with van der Waals surface area (Å²) in [4.78, 5) is 25.8. The molecular formula is C13H22F3N3O2. The second-order valence-electron chi connectivity index (χ2n) is 5.67. The zero-order valence-corrected chi connectivity index (χ0v) is 12.5. The monoisotopic (exact) mass is 309 g/mol. The fourth-order valence-corrected chi connectivity index (χ4v) is 2.35. The Morgan fingerprint density at radius 2 is 1.90 bits per heavy atom. The molecule has 2 atom stereocenters. The van der Waals surface area contributed by atoms with Gasteiger partial charge in [0.15, 0.2) is 0 Å². The molecule has 2 amide bonds. The van der Waals surface area contributed by atoms with Crippen molar-refractivity contribution in [2.45, 2.75) is 32.0 Å². The van der Waals surface area contributed by atoms with Gasteiger partial charge in [-0.05, 0) is 26.3 Å². The van der Waals surface area contributed by atoms with Crippen LogP contribution >= 0.6 is 0 Å². The van der Waals surface area contributed by atoms with Crippen LogP contribution in [-0.2, 0) is 9.59 Å². The number of nitrogens with one attached hydrogen (secondary N) is 1. The van der Waals surface area contributed by atoms with Crippen molar-refractivity contribution in [3.8, 4) is 0 Å². The van der Waals surface area contributed by atoms with E-state index in [1.54, 1.807) is 0 Å². The summed E-state index contributed by atoms with van der Waals surface area (Å²) in [5.41, 5.74) is 0. The van der Waals surface area contributed by atoms with Crippen molar-refractivity contribution in [3.05, 3.63) is 0 Å². The minimum absolute atomic E-state index is 0.0880. The number of rotatable bonds is 4. The SMILES string of the molecule is CC1CC(C(=O)N(CC(=O)N(C)C)CC(F)(F)F)CCN1. The van der Waals surface area contributed by atoms with Crippen molar-refractivity contribution in [2.75, 3.05) is 33.7 Å². The molecule has 0 aromatic heterocycles. The lowest BCUT2D eigenvalue weighted by atomic mass is 9.92. The first-order valence-electron chi connectivity index (χ1n) is 6.89. The Bertz CT molecular complexity index is 385. The smallest absolute Gasteiger partial charge is 0.347 e. The third kappa shape index (κ3) is 5.91. The van der Waals surface area contributed by atoms with Crippen LogP contribution in [0.4, 0.5) is 13.2 Å². The van der Waals surface area contributed by atoms with Crippen LogP contribution in [0, 0.1) is 5.92 Å². The summed E-state index contributed by atoms with van der Waals surface area (Å²) in [6.45, 7) is 0.560. The average Bonchev–Trinajstić information content (AvgIpc) is 2.35. The van der Waals surface area contributed by atoms with Gasteiger partial charge in [-0.2, -0.15) is 13.2 Å². The Morgan fingerprint density at radius 3 is 2.38 bits per heavy atom. The van der Waals surface area contributed by atoms with Gasteiger partial charge < -0.3 is 15.1 Å². The first-order valence-corrected chi connectivity index (χ1v) is 6.89. The molecule has 122 valence electrons. The second kappa shape index (κ2) is 7.11. The first-order chi connectivity index (χ1) is 9.60. The van der Waals surface area contributed by atoms with Crippen molar-refractivity contribution < 1.29 is 22.8 Å². The number of nitrogens with zero attached hydrogens (tertiary/aromatic N) is 2. The summed E-state index contributed by atoms with van der Waals surface area (Å²) in [5.74, 6) is -1.57. The number of halogens is 3. The molecule has 0 aromatic rings. The molecule has 1 N–H and O–H groups in total. The van der Waals surface area contributed by atoms with Crippen molar-refractivity contribution in [1.82, 2.24) is 15.1 Å². The van der Waals surface area contributed by atoms with Crippen LogP contribution < -0.4 is 5.32 Å². The van der Waals surface area contributed by atoms with Crippen LogP contribution in [0.15, 0.2) is 0 Å². The van der Waals surface area contributed by atoms with Crippen molar-refractivity contribution in [2.24, 2.45) is 5.92 Å². The van der Waals surface area contributed by atoms with E-state index in [2.05, 4.69) is 5.32 Å². The largest absolute Gasteiger partial charge is 0.406 e. The molecule has 2 unspecified atom stereocenters. The minimum atomic E-state index is -4.51. The predicted molar refractivity (Wildman–Crippen MR) is 71.5 cm³/mol. The molecule has 1 rings (SSSR count). The lowest BCUT2D eigenvalue weighted by Gasteiger charge is -2.32. The molecule has 0 bridgehead atoms. The lowest BCUT2D eigenvalue weighted by molar-refractivity contribution is -0.167. The minimum Gasteiger partial charge on any atom is -0.347 e. The Kier molecular flexibility index (Phi) is 6.00. The molecular weight excluding hydrogens is 287 g/mol. The van der Waals surface area contributed by atoms with E-state index >= 15 is 0 Å². The normalized spacial score (nSPS) is 22.8. The number of carbonyl (C=O) groups excluding carboxylic acids is 2. The van der Waals surface area contributed by atoms with E-state index in [1.165, 1.54) is 19.0 Å². The van der Waals surface area contributed by atoms with Crippen LogP contribution in [0.25, 0.3) is 0 Å². The van der Waals surface area contributed by atoms with Gasteiger partial charge in [-0.25, -0.2) is 0 Å². The zero-order valence-electron chi connectivity index (χ0n) is 12.5. The van der Waals surface area contributed by atoms with E-state index in [1.807, 2.05) is 6.92 Å². The third-order valence-electron chi connectivity index (χ3n) is 3.48. The summed E-state index contributed by atoms with van der Waals surface area (Å²) in [6.07, 6.45) is -3.53. The van der Waals surface area contributed by atoms with Crippen LogP contribution in [-0.4, -0.2) is 67.6 Å². The summed E-state index contributed by atoms with van der Waals surface area (Å²) >= 11 is 0. The van der Waals surface area contributed by atoms with E-state index in [0.717, 1.165) is 0 Å². The molecule has 21 heavy (non-hydrogen) atoms. The van der Waals surface area contributed by atoms with Gasteiger partial charge in [0.05, 0.1) is 0 Å². The molecule has 0 radical (unpaired) electrons. The number of likely N-dealkylation sites (N-methyl/N-ethyl adjacent to an activating group) is 1. The highest BCUT2D eigenvalue weighted by atomic mass is 19.4. The van der Waals surface area contributed by atoms with E-state index in [-0.39, 0.29) is 6.04 Å². The predicted octanol–water partition coefficient (Wildman–Crippen LogP) is 0.854. The molecule has 1 aliphatic rings. The average molecular weight is 309 g/mol. The molecule has 0 spiro atoms. The molecule has 0 aromatic carbocycles. The highest BCUT2D eigenvalue weighted by Gasteiger charge is 2.37. The van der Waals surface area contributed by atoms with E-state index < -0.39 is 37.0 Å². The van der Waals surface area contributed by atoms with Crippen molar-refractivity contribution in [3.63, 3.8) is 0 Å². The number of hydrogen-bond acceptors (Lipinski definition) is 3. The van der Waals surface area contributed by atoms with E-state index in [9.17, 15) is 22.8 Å². The van der Waals surface area contributed by atoms with Gasteiger partial charge in [-0.1, -0.05) is 0 Å². The van der Waals surface area contributed by atoms with Gasteiger partial charge in [-0.15, -0.1) is 0 Å². The van der Waals surface area contributed by atoms with Crippen molar-refractivity contribution in [1.29, 1.82) is 0 Å². The number of hydrogen-bond donors (Lipinski definition) is 1. The molecule has 1 aliphatic heterocycles. The molecule has 5 nitrogen and oxygen atoms in total. The first kappa shape index (κ1) is 17.7. The van der Waals surface area contributed by atoms with Crippen LogP contribution in [0.3, 0.4) is 0 Å². The highest BCUT2D eigenvalue weighted by Crippen LogP contribution is 2.22. The molecule has 0 saturated carbocycles. The molecule has 8 heteroatoms. The molecule has 1 fully saturated rings. The number of carbonyl (C=O) groups is 2. The molecule has 0 aliphatic carbocycles. The maximum Gasteiger partial charge on any atom is 0.406 e. The maximum atomic E-state index is 12.6. The number of piperidine rings is 1. The Hall–Kier alpha value is -1.31. The molecule has 1 saturated heterocycles. The Morgan fingerprint density at radius 1 is 1.29 bits per heavy atom. The van der Waals surface area contributed by atoms with Gasteiger partial charge in [0, 0.05) is 26.1 Å². The number of amides is 2.